The van der Waals surface area contributed by atoms with Gasteiger partial charge in [0.2, 0.25) is 0 Å². The van der Waals surface area contributed by atoms with Crippen molar-refractivity contribution in [1.82, 2.24) is 0 Å². The summed E-state index contributed by atoms with van der Waals surface area (Å²) in [6, 6.07) is 0. The lowest BCUT2D eigenvalue weighted by Gasteiger charge is -2.21. The van der Waals surface area contributed by atoms with Crippen LogP contribution < -0.4 is 0 Å². The molecule has 0 amide bonds. The highest BCUT2D eigenvalue weighted by molar-refractivity contribution is 7.47. The minimum Gasteiger partial charge on any atom is -0.462 e. The molecule has 578 valence electrons. The third kappa shape index (κ3) is 72.3. The zero-order valence-corrected chi connectivity index (χ0v) is 64.9. The van der Waals surface area contributed by atoms with E-state index in [0.717, 1.165) is 173 Å². The maximum absolute atomic E-state index is 13.1. The van der Waals surface area contributed by atoms with Crippen molar-refractivity contribution in [3.05, 3.63) is 97.2 Å². The summed E-state index contributed by atoms with van der Waals surface area (Å²) in [5.74, 6) is -2.21. The van der Waals surface area contributed by atoms with Gasteiger partial charge >= 0.3 is 39.5 Å². The normalized spacial score (nSPS) is 14.4. The molecule has 0 aromatic carbocycles. The van der Waals surface area contributed by atoms with E-state index in [1.807, 2.05) is 0 Å². The molecule has 0 radical (unpaired) electrons. The number of hydrogen-bond donors (Lipinski definition) is 3. The molecule has 0 aromatic heterocycles. The first kappa shape index (κ1) is 96.0. The second-order valence-electron chi connectivity index (χ2n) is 26.3. The molecule has 5 atom stereocenters. The van der Waals surface area contributed by atoms with Crippen LogP contribution in [0.2, 0.25) is 0 Å². The van der Waals surface area contributed by atoms with Gasteiger partial charge in [0, 0.05) is 25.7 Å². The van der Waals surface area contributed by atoms with Crippen LogP contribution in [0.4, 0.5) is 0 Å². The third-order valence-electron chi connectivity index (χ3n) is 16.5. The number of phosphoric acid groups is 2. The molecule has 0 aromatic rings. The Morgan fingerprint density at radius 2 is 0.520 bits per heavy atom. The Labute approximate surface area is 607 Å². The van der Waals surface area contributed by atoms with E-state index in [2.05, 4.69) is 125 Å². The molecule has 100 heavy (non-hydrogen) atoms. The quantitative estimate of drug-likeness (QED) is 0.0169. The second-order valence-corrected chi connectivity index (χ2v) is 29.2. The summed E-state index contributed by atoms with van der Waals surface area (Å²) in [5.41, 5.74) is 0. The Balaban J connectivity index is 5.32. The van der Waals surface area contributed by atoms with Crippen molar-refractivity contribution in [3.63, 3.8) is 0 Å². The van der Waals surface area contributed by atoms with Crippen LogP contribution in [0, 0.1) is 0 Å². The van der Waals surface area contributed by atoms with Crippen molar-refractivity contribution in [1.29, 1.82) is 0 Å². The summed E-state index contributed by atoms with van der Waals surface area (Å²) in [4.78, 5) is 72.9. The number of carbonyl (C=O) groups excluding carboxylic acids is 4. The number of rotatable bonds is 74. The van der Waals surface area contributed by atoms with Gasteiger partial charge in [0.15, 0.2) is 12.2 Å². The van der Waals surface area contributed by atoms with E-state index < -0.39 is 97.5 Å². The van der Waals surface area contributed by atoms with E-state index in [0.29, 0.717) is 25.7 Å². The molecule has 17 nitrogen and oxygen atoms in total. The minimum atomic E-state index is -4.98. The van der Waals surface area contributed by atoms with Crippen LogP contribution >= 0.6 is 15.6 Å². The fourth-order valence-corrected chi connectivity index (χ4v) is 12.1. The number of esters is 4. The van der Waals surface area contributed by atoms with Crippen molar-refractivity contribution in [2.24, 2.45) is 0 Å². The van der Waals surface area contributed by atoms with Crippen molar-refractivity contribution < 1.29 is 80.2 Å². The Kier molecular flexibility index (Phi) is 70.4. The van der Waals surface area contributed by atoms with Crippen LogP contribution in [0.5, 0.6) is 0 Å². The molecule has 0 saturated heterocycles. The van der Waals surface area contributed by atoms with Crippen LogP contribution in [0.1, 0.15) is 336 Å². The lowest BCUT2D eigenvalue weighted by atomic mass is 10.1. The summed E-state index contributed by atoms with van der Waals surface area (Å²) < 4.78 is 68.5. The van der Waals surface area contributed by atoms with Crippen LogP contribution in [0.3, 0.4) is 0 Å². The highest BCUT2D eigenvalue weighted by atomic mass is 31.2. The lowest BCUT2D eigenvalue weighted by Crippen LogP contribution is -2.30. The first-order valence-electron chi connectivity index (χ1n) is 39.5. The largest absolute Gasteiger partial charge is 0.472 e. The molecular formula is C81H142O17P2. The molecule has 0 rings (SSSR count). The molecule has 5 unspecified atom stereocenters. The van der Waals surface area contributed by atoms with Gasteiger partial charge in [-0.15, -0.1) is 0 Å². The minimum absolute atomic E-state index is 0.0824. The van der Waals surface area contributed by atoms with Gasteiger partial charge in [-0.1, -0.05) is 279 Å². The molecule has 0 saturated carbocycles. The molecule has 3 N–H and O–H groups in total. The van der Waals surface area contributed by atoms with Gasteiger partial charge < -0.3 is 33.8 Å². The predicted molar refractivity (Wildman–Crippen MR) is 409 cm³/mol. The van der Waals surface area contributed by atoms with E-state index in [4.69, 9.17) is 37.0 Å². The topological polar surface area (TPSA) is 237 Å². The van der Waals surface area contributed by atoms with Crippen LogP contribution in [0.15, 0.2) is 97.2 Å². The average Bonchev–Trinajstić information content (AvgIpc) is 0.937. The number of unbranched alkanes of at least 4 members (excludes halogenated alkanes) is 32. The van der Waals surface area contributed by atoms with Crippen LogP contribution in [-0.2, 0) is 65.4 Å². The third-order valence-corrected chi connectivity index (χ3v) is 18.4. The molecule has 0 aliphatic heterocycles. The molecule has 0 aliphatic rings. The number of carbonyl (C=O) groups is 4. The highest BCUT2D eigenvalue weighted by Gasteiger charge is 2.30. The van der Waals surface area contributed by atoms with Gasteiger partial charge in [0.25, 0.3) is 0 Å². The first-order chi connectivity index (χ1) is 48.7. The molecular weight excluding hydrogens is 1310 g/mol. The van der Waals surface area contributed by atoms with Crippen LogP contribution in [0.25, 0.3) is 0 Å². The fraction of sp³-hybridized carbons (Fsp3) is 0.753. The fourth-order valence-electron chi connectivity index (χ4n) is 10.5. The van der Waals surface area contributed by atoms with Crippen LogP contribution in [-0.4, -0.2) is 96.7 Å². The van der Waals surface area contributed by atoms with E-state index >= 15 is 0 Å². The second kappa shape index (κ2) is 73.3. The van der Waals surface area contributed by atoms with Crippen molar-refractivity contribution in [3.8, 4) is 0 Å². The predicted octanol–water partition coefficient (Wildman–Crippen LogP) is 22.8. The maximum Gasteiger partial charge on any atom is 0.472 e. The average molecular weight is 1450 g/mol. The van der Waals surface area contributed by atoms with E-state index in [1.165, 1.54) is 83.5 Å². The molecule has 0 aliphatic carbocycles. The van der Waals surface area contributed by atoms with E-state index in [1.54, 1.807) is 0 Å². The Morgan fingerprint density at radius 1 is 0.290 bits per heavy atom. The van der Waals surface area contributed by atoms with E-state index in [-0.39, 0.29) is 25.7 Å². The van der Waals surface area contributed by atoms with Gasteiger partial charge in [-0.05, 0) is 128 Å². The van der Waals surface area contributed by atoms with Gasteiger partial charge in [0.1, 0.15) is 19.3 Å². The van der Waals surface area contributed by atoms with Crippen molar-refractivity contribution in [2.45, 2.75) is 354 Å². The summed E-state index contributed by atoms with van der Waals surface area (Å²) in [6.45, 7) is 4.69. The van der Waals surface area contributed by atoms with Gasteiger partial charge in [-0.25, -0.2) is 9.13 Å². The number of aliphatic hydroxyl groups excluding tert-OH is 1. The van der Waals surface area contributed by atoms with Gasteiger partial charge in [0.05, 0.1) is 26.4 Å². The summed E-state index contributed by atoms with van der Waals surface area (Å²) in [7, 11) is -9.95. The number of ether oxygens (including phenoxy) is 4. The number of hydrogen-bond acceptors (Lipinski definition) is 15. The number of aliphatic hydroxyl groups is 1. The monoisotopic (exact) mass is 1450 g/mol. The molecule has 0 spiro atoms. The standard InChI is InChI=1S/C81H142O17P2/c1-5-9-13-17-21-25-29-32-34-36-37-39-41-44-47-50-54-58-62-66-79(84)92-72-77(98-81(86)68-64-60-56-52-48-42-31-27-23-19-15-11-7-3)74-96-100(89,90)94-70-75(82)69-93-99(87,88)95-73-76(97-80(85)67-63-59-55-51-45-28-24-20-16-12-8-4)71-91-78(83)65-61-57-53-49-46-43-40-38-35-33-30-26-22-18-14-10-6-2/h10,14,21-22,25-27,31-35,37,39-40,43,75-77,82H,5-9,11-13,15-20,23-24,28-30,36,38,41-42,44-74H2,1-4H3,(H,87,88)(H,89,90)/b14-10-,25-21-,26-22-,31-27-,34-32-,35-33-,39-37-,43-40-. The SMILES string of the molecule is CC/C=C\C/C=C\C/C=C\C/C=C\CCCCCCC(=O)OCC(COP(=O)(O)OCC(O)COP(=O)(O)OCC(COC(=O)CCCCCCCC/C=C\C/C=C\C/C=C\CCCCC)OC(=O)CCCCCCC/C=C\CCCCCC)OC(=O)CCCCCCCCCCCCC. The van der Waals surface area contributed by atoms with Crippen molar-refractivity contribution >= 4 is 39.5 Å². The first-order valence-corrected chi connectivity index (χ1v) is 42.5. The molecule has 19 heteroatoms. The Morgan fingerprint density at radius 3 is 0.840 bits per heavy atom. The molecule has 0 bridgehead atoms. The Bertz CT molecular complexity index is 2270. The zero-order valence-electron chi connectivity index (χ0n) is 63.1. The smallest absolute Gasteiger partial charge is 0.462 e. The summed E-state index contributed by atoms with van der Waals surface area (Å²) in [6.07, 6.45) is 76.7. The summed E-state index contributed by atoms with van der Waals surface area (Å²) >= 11 is 0. The van der Waals surface area contributed by atoms with Gasteiger partial charge in [-0.3, -0.25) is 37.3 Å². The van der Waals surface area contributed by atoms with Gasteiger partial charge in [-0.2, -0.15) is 0 Å². The molecule has 0 heterocycles. The lowest BCUT2D eigenvalue weighted by molar-refractivity contribution is -0.161. The van der Waals surface area contributed by atoms with E-state index in [9.17, 15) is 43.2 Å². The summed E-state index contributed by atoms with van der Waals surface area (Å²) in [5, 5.41) is 10.6. The molecule has 0 fully saturated rings. The number of allylic oxidation sites excluding steroid dienone is 16. The highest BCUT2D eigenvalue weighted by Crippen LogP contribution is 2.45. The Hall–Kier alpha value is -4.02. The maximum atomic E-state index is 13.1. The van der Waals surface area contributed by atoms with Crippen molar-refractivity contribution in [2.75, 3.05) is 39.6 Å². The number of phosphoric ester groups is 2. The zero-order chi connectivity index (χ0) is 73.2.